The number of hydrazine groups is 1. The molecule has 5 nitrogen and oxygen atoms in total. The Morgan fingerprint density at radius 3 is 2.94 bits per heavy atom. The minimum Gasteiger partial charge on any atom is -0.381 e. The maximum absolute atomic E-state index is 6.22. The van der Waals surface area contributed by atoms with Crippen LogP contribution in [0.2, 0.25) is 5.02 Å². The molecule has 0 saturated carbocycles. The lowest BCUT2D eigenvalue weighted by Crippen LogP contribution is -2.36. The van der Waals surface area contributed by atoms with Crippen LogP contribution in [0.25, 0.3) is 0 Å². The average Bonchev–Trinajstić information content (AvgIpc) is 2.91. The average molecular weight is 259 g/mol. The highest BCUT2D eigenvalue weighted by atomic mass is 35.5. The first-order valence-corrected chi connectivity index (χ1v) is 6.29. The second-order valence-corrected chi connectivity index (χ2v) is 5.09. The van der Waals surface area contributed by atoms with Crippen LogP contribution in [-0.2, 0) is 4.74 Å². The van der Waals surface area contributed by atoms with Crippen molar-refractivity contribution >= 4 is 11.6 Å². The van der Waals surface area contributed by atoms with E-state index in [1.54, 1.807) is 6.20 Å². The van der Waals surface area contributed by atoms with E-state index in [1.165, 1.54) is 0 Å². The fraction of sp³-hybridized carbons (Fsp3) is 0.727. The Morgan fingerprint density at radius 1 is 1.65 bits per heavy atom. The number of hydrogen-bond donors (Lipinski definition) is 2. The van der Waals surface area contributed by atoms with Crippen LogP contribution >= 0.6 is 11.6 Å². The Kier molecular flexibility index (Phi) is 4.04. The Morgan fingerprint density at radius 2 is 2.41 bits per heavy atom. The van der Waals surface area contributed by atoms with Crippen LogP contribution in [0, 0.1) is 5.92 Å². The van der Waals surface area contributed by atoms with Crippen molar-refractivity contribution in [1.82, 2.24) is 15.2 Å². The fourth-order valence-corrected chi connectivity index (χ4v) is 2.55. The van der Waals surface area contributed by atoms with Gasteiger partial charge in [0.05, 0.1) is 29.6 Å². The van der Waals surface area contributed by atoms with E-state index in [4.69, 9.17) is 22.2 Å². The molecule has 1 aromatic heterocycles. The summed E-state index contributed by atoms with van der Waals surface area (Å²) in [5, 5.41) is 4.96. The van der Waals surface area contributed by atoms with Gasteiger partial charge in [-0.3, -0.25) is 16.0 Å². The molecular weight excluding hydrogens is 240 g/mol. The quantitative estimate of drug-likeness (QED) is 0.637. The van der Waals surface area contributed by atoms with E-state index in [9.17, 15) is 0 Å². The predicted molar refractivity (Wildman–Crippen MR) is 66.6 cm³/mol. The van der Waals surface area contributed by atoms with Crippen LogP contribution in [0.4, 0.5) is 0 Å². The van der Waals surface area contributed by atoms with E-state index in [0.717, 1.165) is 18.7 Å². The molecule has 0 aliphatic carbocycles. The van der Waals surface area contributed by atoms with Gasteiger partial charge in [-0.15, -0.1) is 0 Å². The summed E-state index contributed by atoms with van der Waals surface area (Å²) in [4.78, 5) is 0. The summed E-state index contributed by atoms with van der Waals surface area (Å²) in [5.41, 5.74) is 3.82. The molecule has 6 heteroatoms. The molecule has 3 N–H and O–H groups in total. The molecule has 1 aromatic rings. The number of aromatic nitrogens is 2. The number of nitrogens with one attached hydrogen (secondary N) is 1. The summed E-state index contributed by atoms with van der Waals surface area (Å²) in [7, 11) is 0. The molecule has 96 valence electrons. The standard InChI is InChI=1S/C11H19ClN4O/c1-7(2)16-11(9(12)5-14-16)10(15-13)8-3-4-17-6-8/h5,7-8,10,15H,3-4,6,13H2,1-2H3. The lowest BCUT2D eigenvalue weighted by molar-refractivity contribution is 0.175. The number of nitrogens with two attached hydrogens (primary N) is 1. The molecule has 1 aliphatic heterocycles. The van der Waals surface area contributed by atoms with E-state index >= 15 is 0 Å². The van der Waals surface area contributed by atoms with Gasteiger partial charge in [-0.25, -0.2) is 0 Å². The Hall–Kier alpha value is -0.620. The molecule has 2 heterocycles. The van der Waals surface area contributed by atoms with Crippen LogP contribution < -0.4 is 11.3 Å². The van der Waals surface area contributed by atoms with Gasteiger partial charge in [0.2, 0.25) is 0 Å². The van der Waals surface area contributed by atoms with Gasteiger partial charge in [0.25, 0.3) is 0 Å². The van der Waals surface area contributed by atoms with Gasteiger partial charge in [-0.2, -0.15) is 5.10 Å². The highest BCUT2D eigenvalue weighted by Gasteiger charge is 2.31. The third-order valence-corrected chi connectivity index (χ3v) is 3.48. The molecule has 0 aromatic carbocycles. The van der Waals surface area contributed by atoms with Crippen LogP contribution in [0.15, 0.2) is 6.20 Å². The third-order valence-electron chi connectivity index (χ3n) is 3.19. The molecule has 2 unspecified atom stereocenters. The molecular formula is C11H19ClN4O. The number of nitrogens with zero attached hydrogens (tertiary/aromatic N) is 2. The van der Waals surface area contributed by atoms with Crippen molar-refractivity contribution in [3.8, 4) is 0 Å². The molecule has 17 heavy (non-hydrogen) atoms. The van der Waals surface area contributed by atoms with Gasteiger partial charge in [0.15, 0.2) is 0 Å². The summed E-state index contributed by atoms with van der Waals surface area (Å²) in [5.74, 6) is 6.03. The second-order valence-electron chi connectivity index (χ2n) is 4.68. The normalized spacial score (nSPS) is 22.3. The maximum Gasteiger partial charge on any atom is 0.0834 e. The van der Waals surface area contributed by atoms with Crippen molar-refractivity contribution in [2.45, 2.75) is 32.4 Å². The highest BCUT2D eigenvalue weighted by Crippen LogP contribution is 2.33. The number of rotatable bonds is 4. The topological polar surface area (TPSA) is 65.1 Å². The first kappa shape index (κ1) is 12.8. The van der Waals surface area contributed by atoms with Crippen molar-refractivity contribution in [2.75, 3.05) is 13.2 Å². The monoisotopic (exact) mass is 258 g/mol. The van der Waals surface area contributed by atoms with E-state index in [0.29, 0.717) is 17.5 Å². The van der Waals surface area contributed by atoms with E-state index < -0.39 is 0 Å². The first-order chi connectivity index (χ1) is 8.15. The molecule has 1 fully saturated rings. The molecule has 0 spiro atoms. The van der Waals surface area contributed by atoms with Crippen LogP contribution in [0.3, 0.4) is 0 Å². The third kappa shape index (κ3) is 2.47. The zero-order valence-corrected chi connectivity index (χ0v) is 10.9. The molecule has 2 atom stereocenters. The van der Waals surface area contributed by atoms with Gasteiger partial charge < -0.3 is 4.74 Å². The number of halogens is 1. The van der Waals surface area contributed by atoms with Crippen molar-refractivity contribution in [3.05, 3.63) is 16.9 Å². The van der Waals surface area contributed by atoms with Crippen LogP contribution in [0.1, 0.15) is 38.0 Å². The van der Waals surface area contributed by atoms with Crippen LogP contribution in [0.5, 0.6) is 0 Å². The summed E-state index contributed by atoms with van der Waals surface area (Å²) in [6, 6.07) is 0.255. The lowest BCUT2D eigenvalue weighted by atomic mass is 9.96. The summed E-state index contributed by atoms with van der Waals surface area (Å²) in [6.07, 6.45) is 2.67. The summed E-state index contributed by atoms with van der Waals surface area (Å²) < 4.78 is 7.33. The number of ether oxygens (including phenoxy) is 1. The van der Waals surface area contributed by atoms with Gasteiger partial charge in [0, 0.05) is 18.6 Å². The van der Waals surface area contributed by atoms with Gasteiger partial charge >= 0.3 is 0 Å². The minimum atomic E-state index is -0.00472. The molecule has 1 aliphatic rings. The van der Waals surface area contributed by atoms with Gasteiger partial charge in [-0.05, 0) is 20.3 Å². The zero-order chi connectivity index (χ0) is 12.4. The molecule has 1 saturated heterocycles. The SMILES string of the molecule is CC(C)n1ncc(Cl)c1C(NN)C1CCOC1. The zero-order valence-electron chi connectivity index (χ0n) is 10.2. The van der Waals surface area contributed by atoms with E-state index in [-0.39, 0.29) is 12.1 Å². The van der Waals surface area contributed by atoms with E-state index in [2.05, 4.69) is 24.4 Å². The Labute approximate surface area is 106 Å². The molecule has 0 amide bonds. The molecule has 0 bridgehead atoms. The molecule has 2 rings (SSSR count). The van der Waals surface area contributed by atoms with Crippen molar-refractivity contribution in [2.24, 2.45) is 11.8 Å². The van der Waals surface area contributed by atoms with Crippen molar-refractivity contribution < 1.29 is 4.74 Å². The summed E-state index contributed by atoms with van der Waals surface area (Å²) in [6.45, 7) is 5.65. The Balaban J connectivity index is 2.32. The Bertz CT molecular complexity index is 374. The van der Waals surface area contributed by atoms with E-state index in [1.807, 2.05) is 4.68 Å². The predicted octanol–water partition coefficient (Wildman–Crippen LogP) is 1.66. The first-order valence-electron chi connectivity index (χ1n) is 5.92. The van der Waals surface area contributed by atoms with Crippen molar-refractivity contribution in [3.63, 3.8) is 0 Å². The summed E-state index contributed by atoms with van der Waals surface area (Å²) >= 11 is 6.22. The maximum atomic E-state index is 6.22. The van der Waals surface area contributed by atoms with Crippen molar-refractivity contribution in [1.29, 1.82) is 0 Å². The second kappa shape index (κ2) is 5.35. The molecule has 0 radical (unpaired) electrons. The minimum absolute atomic E-state index is 0.00472. The number of hydrogen-bond acceptors (Lipinski definition) is 4. The smallest absolute Gasteiger partial charge is 0.0834 e. The van der Waals surface area contributed by atoms with Gasteiger partial charge in [-0.1, -0.05) is 11.6 Å². The highest BCUT2D eigenvalue weighted by molar-refractivity contribution is 6.31. The lowest BCUT2D eigenvalue weighted by Gasteiger charge is -2.24. The fourth-order valence-electron chi connectivity index (χ4n) is 2.31. The van der Waals surface area contributed by atoms with Crippen LogP contribution in [-0.4, -0.2) is 23.0 Å². The van der Waals surface area contributed by atoms with Gasteiger partial charge in [0.1, 0.15) is 0 Å². The largest absolute Gasteiger partial charge is 0.381 e.